The number of aryl methyl sites for hydroxylation is 1. The molecule has 2 atom stereocenters. The summed E-state index contributed by atoms with van der Waals surface area (Å²) in [6, 6.07) is -0.280. The molecule has 17 heavy (non-hydrogen) atoms. The molecule has 2 N–H and O–H groups in total. The van der Waals surface area contributed by atoms with Gasteiger partial charge in [-0.1, -0.05) is 0 Å². The smallest absolute Gasteiger partial charge is 0.216 e. The monoisotopic (exact) mass is 277 g/mol. The second-order valence-electron chi connectivity index (χ2n) is 4.08. The molecule has 7 heteroatoms. The van der Waals surface area contributed by atoms with Crippen molar-refractivity contribution in [3.8, 4) is 0 Å². The highest BCUT2D eigenvalue weighted by Crippen LogP contribution is 2.18. The van der Waals surface area contributed by atoms with E-state index in [1.807, 2.05) is 19.2 Å². The van der Waals surface area contributed by atoms with E-state index in [2.05, 4.69) is 15.0 Å². The summed E-state index contributed by atoms with van der Waals surface area (Å²) in [7, 11) is -1.57. The van der Waals surface area contributed by atoms with Gasteiger partial charge >= 0.3 is 0 Å². The zero-order chi connectivity index (χ0) is 13.1. The van der Waals surface area contributed by atoms with E-state index in [-0.39, 0.29) is 6.04 Å². The van der Waals surface area contributed by atoms with Crippen molar-refractivity contribution in [1.29, 1.82) is 0 Å². The number of aromatic nitrogens is 1. The second kappa shape index (κ2) is 5.90. The van der Waals surface area contributed by atoms with Crippen molar-refractivity contribution >= 4 is 21.4 Å². The first-order valence-corrected chi connectivity index (χ1v) is 7.87. The van der Waals surface area contributed by atoms with Crippen molar-refractivity contribution in [2.24, 2.45) is 0 Å². The van der Waals surface area contributed by atoms with Crippen LogP contribution in [-0.2, 0) is 10.0 Å². The van der Waals surface area contributed by atoms with Gasteiger partial charge in [-0.2, -0.15) is 0 Å². The number of thiazole rings is 1. The van der Waals surface area contributed by atoms with Crippen LogP contribution in [0.5, 0.6) is 0 Å². The Labute approximate surface area is 107 Å². The van der Waals surface area contributed by atoms with Crippen LogP contribution >= 0.6 is 11.3 Å². The van der Waals surface area contributed by atoms with Gasteiger partial charge in [0.15, 0.2) is 0 Å². The number of hydrogen-bond donors (Lipinski definition) is 2. The van der Waals surface area contributed by atoms with Crippen LogP contribution in [-0.4, -0.2) is 32.2 Å². The molecule has 1 rings (SSSR count). The Hall–Kier alpha value is -0.500. The second-order valence-corrected chi connectivity index (χ2v) is 7.10. The SMILES string of the molecule is CNCC(C)S(=O)(=O)NC(C)c1nc(C)cs1. The van der Waals surface area contributed by atoms with Crippen LogP contribution in [0.4, 0.5) is 0 Å². The lowest BCUT2D eigenvalue weighted by Crippen LogP contribution is -2.39. The summed E-state index contributed by atoms with van der Waals surface area (Å²) < 4.78 is 26.5. The van der Waals surface area contributed by atoms with Gasteiger partial charge in [-0.25, -0.2) is 18.1 Å². The number of nitrogens with one attached hydrogen (secondary N) is 2. The third kappa shape index (κ3) is 4.02. The van der Waals surface area contributed by atoms with Crippen molar-refractivity contribution in [1.82, 2.24) is 15.0 Å². The molecule has 0 amide bonds. The maximum Gasteiger partial charge on any atom is 0.216 e. The van der Waals surface area contributed by atoms with Gasteiger partial charge in [0.1, 0.15) is 5.01 Å². The zero-order valence-corrected chi connectivity index (χ0v) is 12.2. The fourth-order valence-corrected chi connectivity index (χ4v) is 3.48. The Bertz CT molecular complexity index is 456. The number of nitrogens with zero attached hydrogens (tertiary/aromatic N) is 1. The molecule has 1 aromatic heterocycles. The fraction of sp³-hybridized carbons (Fsp3) is 0.700. The van der Waals surface area contributed by atoms with Crippen molar-refractivity contribution in [3.05, 3.63) is 16.1 Å². The van der Waals surface area contributed by atoms with Gasteiger partial charge in [-0.3, -0.25) is 0 Å². The molecule has 2 unspecified atom stereocenters. The maximum absolute atomic E-state index is 11.9. The van der Waals surface area contributed by atoms with Crippen LogP contribution in [0, 0.1) is 6.92 Å². The largest absolute Gasteiger partial charge is 0.318 e. The molecule has 0 spiro atoms. The van der Waals surface area contributed by atoms with Gasteiger partial charge in [0, 0.05) is 17.6 Å². The average molecular weight is 277 g/mol. The number of hydrogen-bond acceptors (Lipinski definition) is 5. The predicted octanol–water partition coefficient (Wildman–Crippen LogP) is 1.04. The number of rotatable bonds is 6. The lowest BCUT2D eigenvalue weighted by Gasteiger charge is -2.16. The van der Waals surface area contributed by atoms with Gasteiger partial charge in [-0.05, 0) is 27.8 Å². The number of sulfonamides is 1. The van der Waals surface area contributed by atoms with E-state index >= 15 is 0 Å². The van der Waals surface area contributed by atoms with E-state index in [1.165, 1.54) is 11.3 Å². The molecule has 0 fully saturated rings. The molecule has 0 aliphatic carbocycles. The van der Waals surface area contributed by atoms with Crippen LogP contribution < -0.4 is 10.0 Å². The van der Waals surface area contributed by atoms with Crippen LogP contribution in [0.3, 0.4) is 0 Å². The summed E-state index contributed by atoms with van der Waals surface area (Å²) in [6.07, 6.45) is 0. The van der Waals surface area contributed by atoms with E-state index < -0.39 is 15.3 Å². The Morgan fingerprint density at radius 1 is 1.47 bits per heavy atom. The molecular weight excluding hydrogens is 258 g/mol. The summed E-state index contributed by atoms with van der Waals surface area (Å²) in [5.41, 5.74) is 0.916. The Morgan fingerprint density at radius 2 is 2.12 bits per heavy atom. The third-order valence-corrected chi connectivity index (χ3v) is 5.42. The van der Waals surface area contributed by atoms with E-state index in [0.29, 0.717) is 6.54 Å². The van der Waals surface area contributed by atoms with Gasteiger partial charge in [0.25, 0.3) is 0 Å². The normalized spacial score (nSPS) is 15.8. The quantitative estimate of drug-likeness (QED) is 0.815. The highest BCUT2D eigenvalue weighted by Gasteiger charge is 2.23. The molecule has 1 aromatic rings. The third-order valence-electron chi connectivity index (χ3n) is 2.37. The van der Waals surface area contributed by atoms with E-state index in [1.54, 1.807) is 14.0 Å². The van der Waals surface area contributed by atoms with Gasteiger partial charge in [0.2, 0.25) is 10.0 Å². The van der Waals surface area contributed by atoms with E-state index in [4.69, 9.17) is 0 Å². The molecule has 0 aliphatic rings. The molecule has 0 aromatic carbocycles. The Morgan fingerprint density at radius 3 is 2.59 bits per heavy atom. The standard InChI is InChI=1S/C10H19N3O2S2/c1-7-6-16-10(12-7)9(3)13-17(14,15)8(2)5-11-4/h6,8-9,11,13H,5H2,1-4H3. The van der Waals surface area contributed by atoms with E-state index in [0.717, 1.165) is 10.7 Å². The molecule has 5 nitrogen and oxygen atoms in total. The highest BCUT2D eigenvalue weighted by atomic mass is 32.2. The summed E-state index contributed by atoms with van der Waals surface area (Å²) in [5.74, 6) is 0. The fourth-order valence-electron chi connectivity index (χ4n) is 1.38. The predicted molar refractivity (Wildman–Crippen MR) is 70.7 cm³/mol. The van der Waals surface area contributed by atoms with Crippen molar-refractivity contribution in [3.63, 3.8) is 0 Å². The van der Waals surface area contributed by atoms with Crippen molar-refractivity contribution in [2.75, 3.05) is 13.6 Å². The molecule has 0 bridgehead atoms. The van der Waals surface area contributed by atoms with Crippen molar-refractivity contribution in [2.45, 2.75) is 32.1 Å². The Balaban J connectivity index is 2.71. The first kappa shape index (κ1) is 14.6. The molecular formula is C10H19N3O2S2. The maximum atomic E-state index is 11.9. The summed E-state index contributed by atoms with van der Waals surface area (Å²) >= 11 is 1.47. The first-order chi connectivity index (χ1) is 7.86. The molecule has 0 saturated carbocycles. The zero-order valence-electron chi connectivity index (χ0n) is 10.5. The molecule has 0 saturated heterocycles. The van der Waals surface area contributed by atoms with Crippen LogP contribution in [0.1, 0.15) is 30.6 Å². The highest BCUT2D eigenvalue weighted by molar-refractivity contribution is 7.90. The van der Waals surface area contributed by atoms with Gasteiger partial charge in [-0.15, -0.1) is 11.3 Å². The summed E-state index contributed by atoms with van der Waals surface area (Å²) in [4.78, 5) is 4.28. The van der Waals surface area contributed by atoms with Crippen molar-refractivity contribution < 1.29 is 8.42 Å². The lowest BCUT2D eigenvalue weighted by atomic mass is 10.4. The Kier molecular flexibility index (Phi) is 5.05. The van der Waals surface area contributed by atoms with E-state index in [9.17, 15) is 8.42 Å². The van der Waals surface area contributed by atoms with Gasteiger partial charge in [0.05, 0.1) is 11.3 Å². The molecule has 1 heterocycles. The summed E-state index contributed by atoms with van der Waals surface area (Å²) in [5, 5.41) is 5.10. The average Bonchev–Trinajstić information content (AvgIpc) is 2.64. The lowest BCUT2D eigenvalue weighted by molar-refractivity contribution is 0.549. The minimum absolute atomic E-state index is 0.280. The molecule has 98 valence electrons. The molecule has 0 aliphatic heterocycles. The van der Waals surface area contributed by atoms with Crippen LogP contribution in [0.2, 0.25) is 0 Å². The van der Waals surface area contributed by atoms with Crippen LogP contribution in [0.15, 0.2) is 5.38 Å². The summed E-state index contributed by atoms with van der Waals surface area (Å²) in [6.45, 7) is 5.81. The minimum atomic E-state index is -3.31. The first-order valence-electron chi connectivity index (χ1n) is 5.44. The minimum Gasteiger partial charge on any atom is -0.318 e. The molecule has 0 radical (unpaired) electrons. The van der Waals surface area contributed by atoms with Gasteiger partial charge < -0.3 is 5.32 Å². The topological polar surface area (TPSA) is 71.1 Å². The van der Waals surface area contributed by atoms with Crippen LogP contribution in [0.25, 0.3) is 0 Å².